The molecule has 1 fully saturated rings. The molecule has 0 aromatic carbocycles. The van der Waals surface area contributed by atoms with Crippen molar-refractivity contribution in [3.8, 4) is 0 Å². The van der Waals surface area contributed by atoms with Gasteiger partial charge in [-0.15, -0.1) is 0 Å². The van der Waals surface area contributed by atoms with E-state index in [-0.39, 0.29) is 23.2 Å². The topological polar surface area (TPSA) is 57.7 Å². The molecule has 0 spiro atoms. The highest BCUT2D eigenvalue weighted by Crippen LogP contribution is 2.21. The Morgan fingerprint density at radius 1 is 1.22 bits per heavy atom. The van der Waals surface area contributed by atoms with Crippen LogP contribution in [0.3, 0.4) is 0 Å². The second kappa shape index (κ2) is 6.86. The summed E-state index contributed by atoms with van der Waals surface area (Å²) in [6, 6.07) is 0.270. The fraction of sp³-hybridized carbons (Fsp3) is 0.909. The Bertz CT molecular complexity index is 380. The van der Waals surface area contributed by atoms with Crippen LogP contribution in [0.15, 0.2) is 0 Å². The summed E-state index contributed by atoms with van der Waals surface area (Å²) in [5.74, 6) is -0.131. The summed E-state index contributed by atoms with van der Waals surface area (Å²) in [6.07, 6.45) is 5.58. The van der Waals surface area contributed by atoms with Crippen LogP contribution in [0.2, 0.25) is 0 Å². The average molecular weight is 341 g/mol. The summed E-state index contributed by atoms with van der Waals surface area (Å²) in [5, 5.41) is 0. The Morgan fingerprint density at radius 2 is 1.78 bits per heavy atom. The Kier molecular flexibility index (Phi) is 6.07. The van der Waals surface area contributed by atoms with Crippen molar-refractivity contribution < 1.29 is 13.2 Å². The number of rotatable bonds is 5. The third-order valence-corrected chi connectivity index (χ3v) is 6.58. The normalized spacial score (nSPS) is 18.0. The van der Waals surface area contributed by atoms with E-state index in [0.29, 0.717) is 0 Å². The minimum absolute atomic E-state index is 0.0824. The number of alkyl halides is 1. The highest BCUT2D eigenvalue weighted by atomic mass is 79.9. The van der Waals surface area contributed by atoms with Gasteiger partial charge in [0.2, 0.25) is 15.9 Å². The first-order chi connectivity index (χ1) is 8.38. The van der Waals surface area contributed by atoms with Crippen molar-refractivity contribution in [2.45, 2.75) is 38.1 Å². The molecule has 0 aliphatic heterocycles. The molecule has 5 nitrogen and oxygen atoms in total. The van der Waals surface area contributed by atoms with E-state index in [4.69, 9.17) is 0 Å². The van der Waals surface area contributed by atoms with Crippen LogP contribution in [0, 0.1) is 0 Å². The molecular weight excluding hydrogens is 320 g/mol. The zero-order valence-corrected chi connectivity index (χ0v) is 13.3. The van der Waals surface area contributed by atoms with Gasteiger partial charge in [0, 0.05) is 20.1 Å². The van der Waals surface area contributed by atoms with Crippen LogP contribution in [0.25, 0.3) is 0 Å². The second-order valence-electron chi connectivity index (χ2n) is 4.77. The molecule has 1 amide bonds. The molecular formula is C11H21BrN2O3S. The molecule has 0 heterocycles. The molecule has 0 bridgehead atoms. The van der Waals surface area contributed by atoms with Crippen molar-refractivity contribution in [2.75, 3.05) is 25.3 Å². The largest absolute Gasteiger partial charge is 0.342 e. The molecule has 0 radical (unpaired) electrons. The number of hydrogen-bond acceptors (Lipinski definition) is 3. The molecule has 0 atom stereocenters. The Labute approximate surface area is 118 Å². The van der Waals surface area contributed by atoms with Crippen LogP contribution in [0.4, 0.5) is 0 Å². The summed E-state index contributed by atoms with van der Waals surface area (Å²) in [5.41, 5.74) is 0. The summed E-state index contributed by atoms with van der Waals surface area (Å²) < 4.78 is 24.0. The van der Waals surface area contributed by atoms with Crippen molar-refractivity contribution in [1.29, 1.82) is 0 Å². The molecule has 0 N–H and O–H groups in total. The standard InChI is InChI=1S/C11H21BrN2O3S/c1-13(18(16,17)9-12)8-11(15)14(2)10-6-4-3-5-7-10/h10H,3-9H2,1-2H3. The van der Waals surface area contributed by atoms with E-state index >= 15 is 0 Å². The summed E-state index contributed by atoms with van der Waals surface area (Å²) in [6.45, 7) is -0.0824. The summed E-state index contributed by atoms with van der Waals surface area (Å²) in [4.78, 5) is 13.7. The first-order valence-corrected chi connectivity index (χ1v) is 8.87. The van der Waals surface area contributed by atoms with Crippen molar-refractivity contribution in [1.82, 2.24) is 9.21 Å². The Hall–Kier alpha value is -0.140. The third kappa shape index (κ3) is 4.20. The number of likely N-dealkylation sites (N-methyl/N-ethyl adjacent to an activating group) is 2. The lowest BCUT2D eigenvalue weighted by Crippen LogP contribution is -2.44. The number of amides is 1. The van der Waals surface area contributed by atoms with Crippen LogP contribution in [-0.2, 0) is 14.8 Å². The smallest absolute Gasteiger partial charge is 0.237 e. The summed E-state index contributed by atoms with van der Waals surface area (Å²) >= 11 is 2.92. The van der Waals surface area contributed by atoms with Crippen LogP contribution in [0.5, 0.6) is 0 Å². The number of hydrogen-bond donors (Lipinski definition) is 0. The maximum atomic E-state index is 12.0. The van der Waals surface area contributed by atoms with Gasteiger partial charge in [0.05, 0.1) is 6.54 Å². The van der Waals surface area contributed by atoms with Gasteiger partial charge in [0.15, 0.2) is 0 Å². The van der Waals surface area contributed by atoms with Crippen molar-refractivity contribution >= 4 is 31.9 Å². The van der Waals surface area contributed by atoms with Gasteiger partial charge in [-0.1, -0.05) is 35.2 Å². The number of carbonyl (C=O) groups excluding carboxylic acids is 1. The fourth-order valence-electron chi connectivity index (χ4n) is 2.16. The SMILES string of the molecule is CN(C(=O)CN(C)S(=O)(=O)CBr)C1CCCCC1. The van der Waals surface area contributed by atoms with E-state index in [0.717, 1.165) is 30.0 Å². The number of sulfonamides is 1. The van der Waals surface area contributed by atoms with Gasteiger partial charge in [0.1, 0.15) is 4.66 Å². The molecule has 7 heteroatoms. The van der Waals surface area contributed by atoms with Crippen molar-refractivity contribution in [3.63, 3.8) is 0 Å². The quantitative estimate of drug-likeness (QED) is 0.710. The van der Waals surface area contributed by atoms with E-state index in [1.807, 2.05) is 0 Å². The average Bonchev–Trinajstić information content (AvgIpc) is 2.38. The van der Waals surface area contributed by atoms with Crippen LogP contribution in [0.1, 0.15) is 32.1 Å². The molecule has 18 heavy (non-hydrogen) atoms. The maximum absolute atomic E-state index is 12.0. The predicted molar refractivity (Wildman–Crippen MR) is 75.0 cm³/mol. The first kappa shape index (κ1) is 15.9. The fourth-order valence-corrected chi connectivity index (χ4v) is 3.68. The molecule has 0 aromatic rings. The molecule has 0 aromatic heterocycles. The van der Waals surface area contributed by atoms with Gasteiger partial charge in [-0.05, 0) is 12.8 Å². The van der Waals surface area contributed by atoms with Crippen LogP contribution in [-0.4, -0.2) is 54.9 Å². The van der Waals surface area contributed by atoms with E-state index in [9.17, 15) is 13.2 Å². The van der Waals surface area contributed by atoms with Gasteiger partial charge < -0.3 is 4.90 Å². The number of halogens is 1. The molecule has 1 aliphatic rings. The van der Waals surface area contributed by atoms with E-state index < -0.39 is 10.0 Å². The molecule has 1 rings (SSSR count). The molecule has 1 saturated carbocycles. The minimum atomic E-state index is -3.36. The first-order valence-electron chi connectivity index (χ1n) is 6.14. The predicted octanol–water partition coefficient (Wildman–Crippen LogP) is 1.39. The zero-order chi connectivity index (χ0) is 13.8. The monoisotopic (exact) mass is 340 g/mol. The molecule has 106 valence electrons. The summed E-state index contributed by atoms with van der Waals surface area (Å²) in [7, 11) is -0.151. The molecule has 0 unspecified atom stereocenters. The zero-order valence-electron chi connectivity index (χ0n) is 10.9. The van der Waals surface area contributed by atoms with Gasteiger partial charge in [-0.3, -0.25) is 4.79 Å². The van der Waals surface area contributed by atoms with E-state index in [1.165, 1.54) is 13.5 Å². The highest BCUT2D eigenvalue weighted by Gasteiger charge is 2.25. The Balaban J connectivity index is 2.54. The van der Waals surface area contributed by atoms with Crippen LogP contribution >= 0.6 is 15.9 Å². The lowest BCUT2D eigenvalue weighted by Gasteiger charge is -2.32. The van der Waals surface area contributed by atoms with Crippen LogP contribution < -0.4 is 0 Å². The molecule has 1 aliphatic carbocycles. The van der Waals surface area contributed by atoms with Crippen molar-refractivity contribution in [3.05, 3.63) is 0 Å². The van der Waals surface area contributed by atoms with Gasteiger partial charge in [0.25, 0.3) is 0 Å². The van der Waals surface area contributed by atoms with E-state index in [1.54, 1.807) is 11.9 Å². The van der Waals surface area contributed by atoms with Gasteiger partial charge in [-0.25, -0.2) is 8.42 Å². The lowest BCUT2D eigenvalue weighted by atomic mass is 9.94. The number of carbonyl (C=O) groups is 1. The van der Waals surface area contributed by atoms with Gasteiger partial charge >= 0.3 is 0 Å². The maximum Gasteiger partial charge on any atom is 0.237 e. The second-order valence-corrected chi connectivity index (χ2v) is 8.15. The third-order valence-electron chi connectivity index (χ3n) is 3.49. The van der Waals surface area contributed by atoms with Crippen molar-refractivity contribution in [2.24, 2.45) is 0 Å². The lowest BCUT2D eigenvalue weighted by molar-refractivity contribution is -0.132. The molecule has 0 saturated heterocycles. The minimum Gasteiger partial charge on any atom is -0.342 e. The number of nitrogens with zero attached hydrogens (tertiary/aromatic N) is 2. The Morgan fingerprint density at radius 3 is 2.28 bits per heavy atom. The highest BCUT2D eigenvalue weighted by molar-refractivity contribution is 9.10. The van der Waals surface area contributed by atoms with E-state index in [2.05, 4.69) is 15.9 Å². The van der Waals surface area contributed by atoms with Gasteiger partial charge in [-0.2, -0.15) is 4.31 Å².